The SMILES string of the molecule is C=C[Si](C)(C)CCCn1cc(-c2ccccc2)nn1. The van der Waals surface area contributed by atoms with Crippen molar-refractivity contribution in [3.8, 4) is 11.3 Å². The van der Waals surface area contributed by atoms with Crippen LogP contribution < -0.4 is 0 Å². The molecular weight excluding hydrogens is 250 g/mol. The summed E-state index contributed by atoms with van der Waals surface area (Å²) in [6, 6.07) is 11.4. The monoisotopic (exact) mass is 271 g/mol. The van der Waals surface area contributed by atoms with Crippen LogP contribution in [0.5, 0.6) is 0 Å². The molecule has 2 rings (SSSR count). The fourth-order valence-electron chi connectivity index (χ4n) is 1.95. The maximum absolute atomic E-state index is 4.23. The number of aromatic nitrogens is 3. The maximum atomic E-state index is 4.23. The van der Waals surface area contributed by atoms with Crippen molar-refractivity contribution >= 4 is 8.07 Å². The molecule has 100 valence electrons. The van der Waals surface area contributed by atoms with Gasteiger partial charge < -0.3 is 0 Å². The van der Waals surface area contributed by atoms with Gasteiger partial charge in [-0.1, -0.05) is 54.7 Å². The summed E-state index contributed by atoms with van der Waals surface area (Å²) in [7, 11) is -1.19. The third kappa shape index (κ3) is 3.89. The van der Waals surface area contributed by atoms with Gasteiger partial charge in [-0.2, -0.15) is 0 Å². The first kappa shape index (κ1) is 13.7. The molecule has 2 aromatic rings. The van der Waals surface area contributed by atoms with Crippen molar-refractivity contribution in [3.63, 3.8) is 0 Å². The van der Waals surface area contributed by atoms with E-state index < -0.39 is 8.07 Å². The fourth-order valence-corrected chi connectivity index (χ4v) is 3.22. The molecule has 0 amide bonds. The van der Waals surface area contributed by atoms with Crippen LogP contribution >= 0.6 is 0 Å². The van der Waals surface area contributed by atoms with Crippen molar-refractivity contribution in [1.29, 1.82) is 0 Å². The third-order valence-electron chi connectivity index (χ3n) is 3.37. The Labute approximate surface area is 116 Å². The first-order chi connectivity index (χ1) is 9.11. The molecule has 1 aromatic carbocycles. The first-order valence-corrected chi connectivity index (χ1v) is 9.98. The van der Waals surface area contributed by atoms with Gasteiger partial charge in [0.2, 0.25) is 0 Å². The Kier molecular flexibility index (Phi) is 4.32. The van der Waals surface area contributed by atoms with E-state index in [-0.39, 0.29) is 0 Å². The van der Waals surface area contributed by atoms with Gasteiger partial charge in [-0.05, 0) is 6.42 Å². The minimum Gasteiger partial charge on any atom is -0.252 e. The van der Waals surface area contributed by atoms with Gasteiger partial charge in [-0.15, -0.1) is 17.4 Å². The van der Waals surface area contributed by atoms with Gasteiger partial charge in [0.15, 0.2) is 0 Å². The highest BCUT2D eigenvalue weighted by atomic mass is 28.3. The standard InChI is InChI=1S/C15H21N3Si/c1-4-19(2,3)12-8-11-18-13-15(16-17-18)14-9-6-5-7-10-14/h4-7,9-10,13H,1,8,11-12H2,2-3H3. The van der Waals surface area contributed by atoms with E-state index in [1.54, 1.807) is 0 Å². The lowest BCUT2D eigenvalue weighted by Crippen LogP contribution is -2.22. The first-order valence-electron chi connectivity index (χ1n) is 6.70. The topological polar surface area (TPSA) is 30.7 Å². The Morgan fingerprint density at radius 2 is 2.00 bits per heavy atom. The molecule has 0 radical (unpaired) electrons. The molecule has 0 spiro atoms. The smallest absolute Gasteiger partial charge is 0.113 e. The molecule has 3 nitrogen and oxygen atoms in total. The highest BCUT2D eigenvalue weighted by Gasteiger charge is 2.15. The number of benzene rings is 1. The number of nitrogens with zero attached hydrogens (tertiary/aromatic N) is 3. The molecule has 19 heavy (non-hydrogen) atoms. The zero-order chi connectivity index (χ0) is 13.7. The van der Waals surface area contributed by atoms with Crippen LogP contribution in [0, 0.1) is 0 Å². The summed E-state index contributed by atoms with van der Waals surface area (Å²) in [6.07, 6.45) is 3.17. The van der Waals surface area contributed by atoms with Gasteiger partial charge in [-0.25, -0.2) is 0 Å². The van der Waals surface area contributed by atoms with Crippen molar-refractivity contribution in [1.82, 2.24) is 15.0 Å². The Balaban J connectivity index is 1.93. The zero-order valence-electron chi connectivity index (χ0n) is 11.7. The predicted octanol–water partition coefficient (Wildman–Crippen LogP) is 3.77. The second-order valence-corrected chi connectivity index (χ2v) is 10.4. The van der Waals surface area contributed by atoms with E-state index in [2.05, 4.69) is 47.8 Å². The summed E-state index contributed by atoms with van der Waals surface area (Å²) in [5.41, 5.74) is 4.22. The molecule has 0 aliphatic rings. The summed E-state index contributed by atoms with van der Waals surface area (Å²) >= 11 is 0. The summed E-state index contributed by atoms with van der Waals surface area (Å²) < 4.78 is 1.94. The fraction of sp³-hybridized carbons (Fsp3) is 0.333. The van der Waals surface area contributed by atoms with Crippen LogP contribution in [-0.2, 0) is 6.54 Å². The van der Waals surface area contributed by atoms with Crippen LogP contribution in [0.1, 0.15) is 6.42 Å². The normalized spacial score (nSPS) is 11.5. The van der Waals surface area contributed by atoms with E-state index in [1.807, 2.05) is 29.1 Å². The Morgan fingerprint density at radius 3 is 2.68 bits per heavy atom. The molecule has 4 heteroatoms. The summed E-state index contributed by atoms with van der Waals surface area (Å²) in [6.45, 7) is 9.55. The van der Waals surface area contributed by atoms with E-state index in [0.717, 1.165) is 24.2 Å². The Bertz CT molecular complexity index is 531. The second-order valence-electron chi connectivity index (χ2n) is 5.53. The van der Waals surface area contributed by atoms with E-state index in [9.17, 15) is 0 Å². The molecule has 1 aromatic heterocycles. The number of rotatable bonds is 6. The van der Waals surface area contributed by atoms with E-state index in [0.29, 0.717) is 0 Å². The quantitative estimate of drug-likeness (QED) is 0.749. The lowest BCUT2D eigenvalue weighted by molar-refractivity contribution is 0.576. The average Bonchev–Trinajstić information content (AvgIpc) is 2.88. The number of hydrogen-bond acceptors (Lipinski definition) is 2. The Morgan fingerprint density at radius 1 is 1.26 bits per heavy atom. The van der Waals surface area contributed by atoms with E-state index in [1.165, 1.54) is 6.04 Å². The van der Waals surface area contributed by atoms with Crippen LogP contribution in [0.3, 0.4) is 0 Å². The minimum atomic E-state index is -1.19. The van der Waals surface area contributed by atoms with Crippen LogP contribution in [0.2, 0.25) is 19.1 Å². The maximum Gasteiger partial charge on any atom is 0.113 e. The summed E-state index contributed by atoms with van der Waals surface area (Å²) in [5, 5.41) is 8.42. The molecule has 0 atom stereocenters. The molecule has 0 saturated heterocycles. The van der Waals surface area contributed by atoms with Crippen LogP contribution in [0.15, 0.2) is 48.8 Å². The van der Waals surface area contributed by atoms with Crippen LogP contribution in [0.4, 0.5) is 0 Å². The predicted molar refractivity (Wildman–Crippen MR) is 82.6 cm³/mol. The number of aryl methyl sites for hydroxylation is 1. The van der Waals surface area contributed by atoms with Crippen molar-refractivity contribution in [3.05, 3.63) is 48.8 Å². The number of hydrogen-bond donors (Lipinski definition) is 0. The van der Waals surface area contributed by atoms with E-state index in [4.69, 9.17) is 0 Å². The lowest BCUT2D eigenvalue weighted by Gasteiger charge is -2.16. The summed E-state index contributed by atoms with van der Waals surface area (Å²) in [5.74, 6) is 0. The molecule has 0 aliphatic carbocycles. The molecule has 0 aliphatic heterocycles. The highest BCUT2D eigenvalue weighted by Crippen LogP contribution is 2.16. The van der Waals surface area contributed by atoms with Crippen molar-refractivity contribution < 1.29 is 0 Å². The molecule has 0 unspecified atom stereocenters. The second kappa shape index (κ2) is 5.97. The van der Waals surface area contributed by atoms with Gasteiger partial charge in [0, 0.05) is 12.1 Å². The van der Waals surface area contributed by atoms with Crippen molar-refractivity contribution in [2.24, 2.45) is 0 Å². The van der Waals surface area contributed by atoms with Gasteiger partial charge in [0.05, 0.1) is 14.3 Å². The molecule has 0 fully saturated rings. The molecule has 0 saturated carbocycles. The zero-order valence-corrected chi connectivity index (χ0v) is 12.7. The van der Waals surface area contributed by atoms with Crippen LogP contribution in [0.25, 0.3) is 11.3 Å². The third-order valence-corrected chi connectivity index (χ3v) is 6.12. The van der Waals surface area contributed by atoms with Gasteiger partial charge in [-0.3, -0.25) is 4.68 Å². The molecular formula is C15H21N3Si. The molecule has 0 N–H and O–H groups in total. The lowest BCUT2D eigenvalue weighted by atomic mass is 10.2. The largest absolute Gasteiger partial charge is 0.252 e. The minimum absolute atomic E-state index is 0.935. The van der Waals surface area contributed by atoms with Crippen LogP contribution in [-0.4, -0.2) is 23.1 Å². The average molecular weight is 271 g/mol. The highest BCUT2D eigenvalue weighted by molar-refractivity contribution is 6.82. The van der Waals surface area contributed by atoms with Crippen molar-refractivity contribution in [2.45, 2.75) is 32.1 Å². The molecule has 0 bridgehead atoms. The van der Waals surface area contributed by atoms with Gasteiger partial charge >= 0.3 is 0 Å². The van der Waals surface area contributed by atoms with E-state index >= 15 is 0 Å². The van der Waals surface area contributed by atoms with Gasteiger partial charge in [0.25, 0.3) is 0 Å². The molecule has 1 heterocycles. The Hall–Kier alpha value is -1.68. The van der Waals surface area contributed by atoms with Crippen molar-refractivity contribution in [2.75, 3.05) is 0 Å². The summed E-state index contributed by atoms with van der Waals surface area (Å²) in [4.78, 5) is 0. The van der Waals surface area contributed by atoms with Gasteiger partial charge in [0.1, 0.15) is 5.69 Å².